The zero-order chi connectivity index (χ0) is 20.1. The Morgan fingerprint density at radius 1 is 1.21 bits per heavy atom. The number of rotatable bonds is 4. The summed E-state index contributed by atoms with van der Waals surface area (Å²) in [5.41, 5.74) is 1.51. The standard InChI is InChI=1S/C21H31N3O2S2/c1-14-22-18(12-24(4)16-7-10-28(25,26)13-16)17-11-19(27-20(17)23-14)15-5-8-21(2,3)9-6-15/h11,15-16H,5-10,12-13H2,1-4H3/t16-/m0/s1. The number of sulfone groups is 1. The van der Waals surface area contributed by atoms with Crippen LogP contribution in [-0.2, 0) is 16.4 Å². The Balaban J connectivity index is 1.58. The molecule has 1 aliphatic carbocycles. The first-order valence-corrected chi connectivity index (χ1v) is 12.9. The van der Waals surface area contributed by atoms with Crippen LogP contribution in [0.25, 0.3) is 10.2 Å². The van der Waals surface area contributed by atoms with Crippen LogP contribution in [0.15, 0.2) is 6.07 Å². The second-order valence-electron chi connectivity index (χ2n) is 9.50. The Bertz CT molecular complexity index is 971. The second kappa shape index (κ2) is 7.33. The highest BCUT2D eigenvalue weighted by Crippen LogP contribution is 2.45. The largest absolute Gasteiger partial charge is 0.297 e. The third-order valence-electron chi connectivity index (χ3n) is 6.57. The Morgan fingerprint density at radius 3 is 2.57 bits per heavy atom. The van der Waals surface area contributed by atoms with Gasteiger partial charge in [-0.3, -0.25) is 4.90 Å². The van der Waals surface area contributed by atoms with Crippen LogP contribution in [0.2, 0.25) is 0 Å². The first-order chi connectivity index (χ1) is 13.1. The molecule has 1 atom stereocenters. The minimum atomic E-state index is -2.88. The van der Waals surface area contributed by atoms with Crippen molar-refractivity contribution in [3.05, 3.63) is 22.5 Å². The normalized spacial score (nSPS) is 25.0. The number of hydrogen-bond donors (Lipinski definition) is 0. The molecule has 7 heteroatoms. The van der Waals surface area contributed by atoms with Crippen molar-refractivity contribution >= 4 is 31.4 Å². The maximum atomic E-state index is 11.8. The van der Waals surface area contributed by atoms with E-state index >= 15 is 0 Å². The number of nitrogens with zero attached hydrogens (tertiary/aromatic N) is 3. The maximum absolute atomic E-state index is 11.8. The van der Waals surface area contributed by atoms with Gasteiger partial charge in [0.25, 0.3) is 0 Å². The van der Waals surface area contributed by atoms with E-state index in [1.165, 1.54) is 30.6 Å². The van der Waals surface area contributed by atoms with E-state index in [-0.39, 0.29) is 11.8 Å². The monoisotopic (exact) mass is 421 g/mol. The Morgan fingerprint density at radius 2 is 1.93 bits per heavy atom. The van der Waals surface area contributed by atoms with Crippen LogP contribution in [0, 0.1) is 12.3 Å². The van der Waals surface area contributed by atoms with Gasteiger partial charge in [0.15, 0.2) is 9.84 Å². The van der Waals surface area contributed by atoms with Crippen LogP contribution in [-0.4, -0.2) is 47.9 Å². The second-order valence-corrected chi connectivity index (χ2v) is 12.8. The van der Waals surface area contributed by atoms with Gasteiger partial charge in [-0.25, -0.2) is 18.4 Å². The molecule has 2 aromatic rings. The van der Waals surface area contributed by atoms with Gasteiger partial charge >= 0.3 is 0 Å². The summed E-state index contributed by atoms with van der Waals surface area (Å²) in [6, 6.07) is 2.41. The highest BCUT2D eigenvalue weighted by Gasteiger charge is 2.32. The third kappa shape index (κ3) is 4.26. The quantitative estimate of drug-likeness (QED) is 0.736. The summed E-state index contributed by atoms with van der Waals surface area (Å²) in [5.74, 6) is 2.01. The molecule has 1 saturated heterocycles. The molecule has 2 aromatic heterocycles. The maximum Gasteiger partial charge on any atom is 0.151 e. The summed E-state index contributed by atoms with van der Waals surface area (Å²) in [6.07, 6.45) is 5.78. The van der Waals surface area contributed by atoms with E-state index in [2.05, 4.69) is 24.8 Å². The molecule has 0 N–H and O–H groups in total. The fourth-order valence-corrected chi connectivity index (χ4v) is 7.68. The molecule has 28 heavy (non-hydrogen) atoms. The number of hydrogen-bond acceptors (Lipinski definition) is 6. The van der Waals surface area contributed by atoms with Gasteiger partial charge in [0.2, 0.25) is 0 Å². The minimum Gasteiger partial charge on any atom is -0.297 e. The lowest BCUT2D eigenvalue weighted by Crippen LogP contribution is -2.32. The number of aryl methyl sites for hydroxylation is 1. The average Bonchev–Trinajstić information content (AvgIpc) is 3.18. The predicted molar refractivity (Wildman–Crippen MR) is 116 cm³/mol. The fourth-order valence-electron chi connectivity index (χ4n) is 4.61. The lowest BCUT2D eigenvalue weighted by atomic mass is 9.73. The van der Waals surface area contributed by atoms with Crippen molar-refractivity contribution in [2.45, 2.75) is 71.4 Å². The summed E-state index contributed by atoms with van der Waals surface area (Å²) in [6.45, 7) is 7.37. The molecule has 2 aliphatic rings. The molecule has 154 valence electrons. The Kier molecular flexibility index (Phi) is 5.30. The van der Waals surface area contributed by atoms with E-state index in [4.69, 9.17) is 9.97 Å². The van der Waals surface area contributed by atoms with Crippen LogP contribution in [0.4, 0.5) is 0 Å². The summed E-state index contributed by atoms with van der Waals surface area (Å²) in [4.78, 5) is 14.1. The van der Waals surface area contributed by atoms with Gasteiger partial charge in [0.05, 0.1) is 17.2 Å². The van der Waals surface area contributed by atoms with Crippen molar-refractivity contribution in [3.63, 3.8) is 0 Å². The highest BCUT2D eigenvalue weighted by molar-refractivity contribution is 7.91. The average molecular weight is 422 g/mol. The van der Waals surface area contributed by atoms with E-state index < -0.39 is 9.84 Å². The summed E-state index contributed by atoms with van der Waals surface area (Å²) < 4.78 is 23.7. The van der Waals surface area contributed by atoms with E-state index in [1.54, 1.807) is 0 Å². The van der Waals surface area contributed by atoms with Gasteiger partial charge in [-0.2, -0.15) is 0 Å². The van der Waals surface area contributed by atoms with Crippen LogP contribution >= 0.6 is 11.3 Å². The highest BCUT2D eigenvalue weighted by atomic mass is 32.2. The zero-order valence-corrected chi connectivity index (χ0v) is 19.0. The van der Waals surface area contributed by atoms with Crippen molar-refractivity contribution in [1.82, 2.24) is 14.9 Å². The molecular weight excluding hydrogens is 390 g/mol. The Labute approximate surface area is 172 Å². The van der Waals surface area contributed by atoms with E-state index in [0.29, 0.717) is 23.6 Å². The van der Waals surface area contributed by atoms with Gasteiger partial charge in [-0.1, -0.05) is 13.8 Å². The predicted octanol–water partition coefficient (Wildman–Crippen LogP) is 4.30. The van der Waals surface area contributed by atoms with Gasteiger partial charge in [-0.15, -0.1) is 11.3 Å². The summed E-state index contributed by atoms with van der Waals surface area (Å²) in [7, 11) is -0.857. The minimum absolute atomic E-state index is 0.0917. The molecule has 0 spiro atoms. The summed E-state index contributed by atoms with van der Waals surface area (Å²) in [5, 5.41) is 1.16. The number of fused-ring (bicyclic) bond motifs is 1. The van der Waals surface area contributed by atoms with Crippen molar-refractivity contribution in [1.29, 1.82) is 0 Å². The van der Waals surface area contributed by atoms with Crippen LogP contribution in [0.5, 0.6) is 0 Å². The van der Waals surface area contributed by atoms with Crippen LogP contribution < -0.4 is 0 Å². The molecule has 0 aromatic carbocycles. The molecule has 0 bridgehead atoms. The lowest BCUT2D eigenvalue weighted by molar-refractivity contribution is 0.226. The smallest absolute Gasteiger partial charge is 0.151 e. The zero-order valence-electron chi connectivity index (χ0n) is 17.4. The fraction of sp³-hybridized carbons (Fsp3) is 0.714. The van der Waals surface area contributed by atoms with Crippen LogP contribution in [0.1, 0.15) is 68.3 Å². The number of aromatic nitrogens is 2. The summed E-state index contributed by atoms with van der Waals surface area (Å²) >= 11 is 1.83. The van der Waals surface area contributed by atoms with E-state index in [1.807, 2.05) is 25.3 Å². The number of thiophene rings is 1. The van der Waals surface area contributed by atoms with E-state index in [9.17, 15) is 8.42 Å². The third-order valence-corrected chi connectivity index (χ3v) is 9.52. The SMILES string of the molecule is Cc1nc(CN(C)[C@H]2CCS(=O)(=O)C2)c2cc(C3CCC(C)(C)CC3)sc2n1. The van der Waals surface area contributed by atoms with Crippen molar-refractivity contribution in [2.24, 2.45) is 5.41 Å². The van der Waals surface area contributed by atoms with Crippen molar-refractivity contribution < 1.29 is 8.42 Å². The first-order valence-electron chi connectivity index (χ1n) is 10.3. The Hall–Kier alpha value is -1.05. The van der Waals surface area contributed by atoms with E-state index in [0.717, 1.165) is 28.2 Å². The lowest BCUT2D eigenvalue weighted by Gasteiger charge is -2.33. The van der Waals surface area contributed by atoms with Gasteiger partial charge < -0.3 is 0 Å². The van der Waals surface area contributed by atoms with Crippen molar-refractivity contribution in [3.8, 4) is 0 Å². The molecule has 0 radical (unpaired) electrons. The molecule has 1 aliphatic heterocycles. The molecule has 1 saturated carbocycles. The molecule has 4 rings (SSSR count). The van der Waals surface area contributed by atoms with Gasteiger partial charge in [0, 0.05) is 22.8 Å². The first kappa shape index (κ1) is 20.2. The molecule has 0 unspecified atom stereocenters. The molecule has 5 nitrogen and oxygen atoms in total. The molecular formula is C21H31N3O2S2. The molecule has 0 amide bonds. The van der Waals surface area contributed by atoms with Crippen LogP contribution in [0.3, 0.4) is 0 Å². The topological polar surface area (TPSA) is 63.2 Å². The molecule has 3 heterocycles. The molecule has 2 fully saturated rings. The van der Waals surface area contributed by atoms with Gasteiger partial charge in [-0.05, 0) is 63.5 Å². The van der Waals surface area contributed by atoms with Crippen molar-refractivity contribution in [2.75, 3.05) is 18.6 Å². The van der Waals surface area contributed by atoms with Gasteiger partial charge in [0.1, 0.15) is 10.7 Å².